The summed E-state index contributed by atoms with van der Waals surface area (Å²) < 4.78 is 4.15. The summed E-state index contributed by atoms with van der Waals surface area (Å²) in [6.07, 6.45) is 0. The maximum Gasteiger partial charge on any atom is 0.139 e. The highest BCUT2D eigenvalue weighted by atomic mass is 35.5. The monoisotopic (exact) mass is 224 g/mol. The standard InChI is InChI=1S/C10H9ClN2S/c11-9-3-1-8(2-4-9)7-12-10-5-6-14-13-10/h1-6H,7H2,(H,12,13). The van der Waals surface area contributed by atoms with E-state index in [-0.39, 0.29) is 0 Å². The third kappa shape index (κ3) is 2.47. The molecule has 0 fully saturated rings. The van der Waals surface area contributed by atoms with Gasteiger partial charge in [-0.3, -0.25) is 0 Å². The van der Waals surface area contributed by atoms with Gasteiger partial charge >= 0.3 is 0 Å². The molecule has 72 valence electrons. The van der Waals surface area contributed by atoms with E-state index in [0.29, 0.717) is 0 Å². The Hall–Kier alpha value is -1.06. The van der Waals surface area contributed by atoms with Crippen molar-refractivity contribution >= 4 is 29.0 Å². The van der Waals surface area contributed by atoms with Gasteiger partial charge in [-0.05, 0) is 35.3 Å². The van der Waals surface area contributed by atoms with Crippen LogP contribution >= 0.6 is 23.1 Å². The first kappa shape index (κ1) is 9.49. The third-order valence-corrected chi connectivity index (χ3v) is 2.64. The van der Waals surface area contributed by atoms with Gasteiger partial charge in [-0.15, -0.1) is 0 Å². The zero-order valence-electron chi connectivity index (χ0n) is 7.40. The van der Waals surface area contributed by atoms with Crippen molar-refractivity contribution in [3.05, 3.63) is 46.3 Å². The highest BCUT2D eigenvalue weighted by Crippen LogP contribution is 2.11. The first-order valence-electron chi connectivity index (χ1n) is 4.23. The molecule has 2 rings (SSSR count). The predicted molar refractivity (Wildman–Crippen MR) is 60.9 cm³/mol. The quantitative estimate of drug-likeness (QED) is 0.865. The van der Waals surface area contributed by atoms with Crippen molar-refractivity contribution in [2.45, 2.75) is 6.54 Å². The van der Waals surface area contributed by atoms with Crippen molar-refractivity contribution in [2.75, 3.05) is 5.32 Å². The Labute approximate surface area is 91.7 Å². The molecule has 0 aliphatic rings. The summed E-state index contributed by atoms with van der Waals surface area (Å²) in [6.45, 7) is 0.779. The van der Waals surface area contributed by atoms with Gasteiger partial charge in [0, 0.05) is 16.9 Å². The first-order valence-corrected chi connectivity index (χ1v) is 5.45. The van der Waals surface area contributed by atoms with E-state index in [4.69, 9.17) is 11.6 Å². The molecule has 0 saturated heterocycles. The minimum Gasteiger partial charge on any atom is -0.365 e. The van der Waals surface area contributed by atoms with E-state index in [1.54, 1.807) is 0 Å². The molecule has 0 aliphatic heterocycles. The molecule has 2 nitrogen and oxygen atoms in total. The van der Waals surface area contributed by atoms with Crippen LogP contribution in [-0.4, -0.2) is 4.37 Å². The zero-order valence-corrected chi connectivity index (χ0v) is 8.98. The second kappa shape index (κ2) is 4.44. The topological polar surface area (TPSA) is 24.9 Å². The van der Waals surface area contributed by atoms with Gasteiger partial charge in [0.1, 0.15) is 5.82 Å². The molecule has 0 atom stereocenters. The van der Waals surface area contributed by atoms with Crippen molar-refractivity contribution in [3.8, 4) is 0 Å². The van der Waals surface area contributed by atoms with Gasteiger partial charge < -0.3 is 5.32 Å². The molecule has 1 heterocycles. The van der Waals surface area contributed by atoms with Gasteiger partial charge in [0.2, 0.25) is 0 Å². The fraction of sp³-hybridized carbons (Fsp3) is 0.100. The average molecular weight is 225 g/mol. The van der Waals surface area contributed by atoms with Gasteiger partial charge in [-0.1, -0.05) is 23.7 Å². The van der Waals surface area contributed by atoms with Crippen LogP contribution in [0.3, 0.4) is 0 Å². The Morgan fingerprint density at radius 2 is 2.00 bits per heavy atom. The molecular weight excluding hydrogens is 216 g/mol. The summed E-state index contributed by atoms with van der Waals surface area (Å²) in [5.41, 5.74) is 1.20. The molecule has 2 aromatic rings. The maximum atomic E-state index is 5.78. The van der Waals surface area contributed by atoms with Gasteiger partial charge in [0.05, 0.1) is 0 Å². The molecule has 0 spiro atoms. The summed E-state index contributed by atoms with van der Waals surface area (Å²) in [7, 11) is 0. The Balaban J connectivity index is 1.95. The van der Waals surface area contributed by atoms with E-state index < -0.39 is 0 Å². The van der Waals surface area contributed by atoms with Crippen molar-refractivity contribution < 1.29 is 0 Å². The summed E-state index contributed by atoms with van der Waals surface area (Å²) in [6, 6.07) is 9.74. The van der Waals surface area contributed by atoms with E-state index in [1.165, 1.54) is 17.1 Å². The van der Waals surface area contributed by atoms with Gasteiger partial charge in [0.25, 0.3) is 0 Å². The molecule has 0 saturated carbocycles. The number of halogens is 1. The van der Waals surface area contributed by atoms with Crippen LogP contribution in [0, 0.1) is 0 Å². The minimum atomic E-state index is 0.766. The number of aromatic nitrogens is 1. The molecule has 0 amide bonds. The van der Waals surface area contributed by atoms with Crippen molar-refractivity contribution in [1.29, 1.82) is 0 Å². The van der Waals surface area contributed by atoms with E-state index in [9.17, 15) is 0 Å². The van der Waals surface area contributed by atoms with E-state index in [1.807, 2.05) is 35.7 Å². The van der Waals surface area contributed by atoms with Crippen LogP contribution < -0.4 is 5.32 Å². The van der Waals surface area contributed by atoms with Crippen molar-refractivity contribution in [1.82, 2.24) is 4.37 Å². The lowest BCUT2D eigenvalue weighted by Gasteiger charge is -2.02. The van der Waals surface area contributed by atoms with Crippen LogP contribution in [-0.2, 0) is 6.54 Å². The van der Waals surface area contributed by atoms with Crippen LogP contribution in [0.2, 0.25) is 5.02 Å². The molecule has 1 aromatic heterocycles. The molecule has 4 heteroatoms. The number of rotatable bonds is 3. The number of nitrogens with zero attached hydrogens (tertiary/aromatic N) is 1. The highest BCUT2D eigenvalue weighted by molar-refractivity contribution is 7.03. The number of hydrogen-bond donors (Lipinski definition) is 1. The van der Waals surface area contributed by atoms with Gasteiger partial charge in [0.15, 0.2) is 0 Å². The number of nitrogens with one attached hydrogen (secondary N) is 1. The van der Waals surface area contributed by atoms with E-state index in [2.05, 4.69) is 9.69 Å². The summed E-state index contributed by atoms with van der Waals surface area (Å²) in [5.74, 6) is 0.921. The lowest BCUT2D eigenvalue weighted by Crippen LogP contribution is -1.98. The Morgan fingerprint density at radius 3 is 2.64 bits per heavy atom. The number of anilines is 1. The zero-order chi connectivity index (χ0) is 9.80. The molecule has 0 radical (unpaired) electrons. The average Bonchev–Trinajstić information content (AvgIpc) is 2.70. The largest absolute Gasteiger partial charge is 0.365 e. The van der Waals surface area contributed by atoms with Crippen LogP contribution in [0.25, 0.3) is 0 Å². The lowest BCUT2D eigenvalue weighted by atomic mass is 10.2. The van der Waals surface area contributed by atoms with Gasteiger partial charge in [-0.2, -0.15) is 4.37 Å². The number of hydrogen-bond acceptors (Lipinski definition) is 3. The summed E-state index contributed by atoms with van der Waals surface area (Å²) in [4.78, 5) is 0. The molecular formula is C10H9ClN2S. The second-order valence-corrected chi connectivity index (χ2v) is 3.97. The SMILES string of the molecule is Clc1ccc(CNc2ccsn2)cc1. The molecule has 0 aliphatic carbocycles. The number of benzene rings is 1. The summed E-state index contributed by atoms with van der Waals surface area (Å²) in [5, 5.41) is 5.93. The van der Waals surface area contributed by atoms with Crippen LogP contribution in [0.15, 0.2) is 35.7 Å². The van der Waals surface area contributed by atoms with E-state index in [0.717, 1.165) is 17.4 Å². The second-order valence-electron chi connectivity index (χ2n) is 2.86. The highest BCUT2D eigenvalue weighted by Gasteiger charge is 1.95. The van der Waals surface area contributed by atoms with Crippen molar-refractivity contribution in [3.63, 3.8) is 0 Å². The minimum absolute atomic E-state index is 0.766. The predicted octanol–water partition coefficient (Wildman–Crippen LogP) is 3.41. The molecule has 0 bridgehead atoms. The molecule has 1 aromatic carbocycles. The first-order chi connectivity index (χ1) is 6.84. The fourth-order valence-electron chi connectivity index (χ4n) is 1.10. The third-order valence-electron chi connectivity index (χ3n) is 1.82. The summed E-state index contributed by atoms with van der Waals surface area (Å²) >= 11 is 7.22. The molecule has 0 unspecified atom stereocenters. The normalized spacial score (nSPS) is 10.1. The molecule has 1 N–H and O–H groups in total. The Bertz CT molecular complexity index is 383. The molecule has 14 heavy (non-hydrogen) atoms. The van der Waals surface area contributed by atoms with Crippen LogP contribution in [0.4, 0.5) is 5.82 Å². The van der Waals surface area contributed by atoms with Gasteiger partial charge in [-0.25, -0.2) is 0 Å². The lowest BCUT2D eigenvalue weighted by molar-refractivity contribution is 1.13. The van der Waals surface area contributed by atoms with Crippen molar-refractivity contribution in [2.24, 2.45) is 0 Å². The fourth-order valence-corrected chi connectivity index (χ4v) is 1.71. The maximum absolute atomic E-state index is 5.78. The van der Waals surface area contributed by atoms with E-state index >= 15 is 0 Å². The Kier molecular flexibility index (Phi) is 3.01. The van der Waals surface area contributed by atoms with Crippen LogP contribution in [0.1, 0.15) is 5.56 Å². The Morgan fingerprint density at radius 1 is 1.21 bits per heavy atom. The smallest absolute Gasteiger partial charge is 0.139 e. The van der Waals surface area contributed by atoms with Crippen LogP contribution in [0.5, 0.6) is 0 Å².